The van der Waals surface area contributed by atoms with Crippen LogP contribution in [0.25, 0.3) is 0 Å². The number of benzene rings is 1. The number of aliphatic hydroxyl groups excluding tert-OH is 1. The van der Waals surface area contributed by atoms with Gasteiger partial charge in [0.1, 0.15) is 5.75 Å². The second-order valence-corrected chi connectivity index (χ2v) is 4.32. The summed E-state index contributed by atoms with van der Waals surface area (Å²) in [4.78, 5) is 0. The number of methoxy groups -OCH3 is 1. The normalized spacial score (nSPS) is 10.3. The third-order valence-corrected chi connectivity index (χ3v) is 2.90. The van der Waals surface area contributed by atoms with E-state index in [9.17, 15) is 0 Å². The Kier molecular flexibility index (Phi) is 6.82. The maximum Gasteiger partial charge on any atom is 0.121 e. The molecule has 0 fully saturated rings. The Hall–Kier alpha value is -0.930. The number of aliphatic hydroxyl groups is 1. The van der Waals surface area contributed by atoms with Crippen molar-refractivity contribution in [2.75, 3.05) is 25.6 Å². The molecular formula is C13H20ClNO2. The minimum absolute atomic E-state index is 0.287. The van der Waals surface area contributed by atoms with Gasteiger partial charge in [-0.15, -0.1) is 0 Å². The predicted molar refractivity (Wildman–Crippen MR) is 72.0 cm³/mol. The second-order valence-electron chi connectivity index (χ2n) is 3.91. The monoisotopic (exact) mass is 257 g/mol. The molecule has 1 aromatic rings. The van der Waals surface area contributed by atoms with E-state index in [0.717, 1.165) is 43.7 Å². The van der Waals surface area contributed by atoms with Gasteiger partial charge in [0.05, 0.1) is 17.8 Å². The molecular weight excluding hydrogens is 238 g/mol. The van der Waals surface area contributed by atoms with Gasteiger partial charge in [0.15, 0.2) is 0 Å². The smallest absolute Gasteiger partial charge is 0.121 e. The highest BCUT2D eigenvalue weighted by molar-refractivity contribution is 6.33. The van der Waals surface area contributed by atoms with Crippen molar-refractivity contribution in [3.63, 3.8) is 0 Å². The summed E-state index contributed by atoms with van der Waals surface area (Å²) < 4.78 is 5.14. The Balaban J connectivity index is 2.30. The van der Waals surface area contributed by atoms with Gasteiger partial charge in [-0.3, -0.25) is 0 Å². The fourth-order valence-electron chi connectivity index (χ4n) is 1.58. The summed E-state index contributed by atoms with van der Waals surface area (Å²) in [5, 5.41) is 12.6. The zero-order valence-corrected chi connectivity index (χ0v) is 11.0. The minimum atomic E-state index is 0.287. The lowest BCUT2D eigenvalue weighted by Gasteiger charge is -2.09. The lowest BCUT2D eigenvalue weighted by atomic mass is 10.2. The van der Waals surface area contributed by atoms with Crippen molar-refractivity contribution in [1.82, 2.24) is 0 Å². The maximum absolute atomic E-state index is 8.65. The molecule has 0 radical (unpaired) electrons. The summed E-state index contributed by atoms with van der Waals surface area (Å²) in [6, 6.07) is 5.57. The van der Waals surface area contributed by atoms with Crippen LogP contribution in [0.3, 0.4) is 0 Å². The first-order valence-electron chi connectivity index (χ1n) is 5.96. The van der Waals surface area contributed by atoms with E-state index in [2.05, 4.69) is 5.32 Å². The molecule has 1 rings (SSSR count). The van der Waals surface area contributed by atoms with E-state index >= 15 is 0 Å². The van der Waals surface area contributed by atoms with Gasteiger partial charge in [0.2, 0.25) is 0 Å². The van der Waals surface area contributed by atoms with E-state index in [0.29, 0.717) is 5.02 Å². The molecule has 0 heterocycles. The largest absolute Gasteiger partial charge is 0.497 e. The number of anilines is 1. The molecule has 0 aromatic heterocycles. The van der Waals surface area contributed by atoms with Gasteiger partial charge in [-0.2, -0.15) is 0 Å². The topological polar surface area (TPSA) is 41.5 Å². The highest BCUT2D eigenvalue weighted by Crippen LogP contribution is 2.26. The molecule has 4 heteroatoms. The van der Waals surface area contributed by atoms with Crippen LogP contribution in [0, 0.1) is 0 Å². The highest BCUT2D eigenvalue weighted by Gasteiger charge is 2.01. The number of hydrogen-bond donors (Lipinski definition) is 2. The molecule has 0 aliphatic heterocycles. The van der Waals surface area contributed by atoms with E-state index < -0.39 is 0 Å². The molecule has 0 aliphatic rings. The van der Waals surface area contributed by atoms with Crippen LogP contribution in [0.1, 0.15) is 25.7 Å². The standard InChI is InChI=1S/C13H20ClNO2/c1-17-11-6-7-12(14)13(10-11)15-8-4-2-3-5-9-16/h6-7,10,15-16H,2-5,8-9H2,1H3. The Morgan fingerprint density at radius 1 is 1.24 bits per heavy atom. The number of halogens is 1. The van der Waals surface area contributed by atoms with Crippen LogP contribution in [-0.4, -0.2) is 25.4 Å². The van der Waals surface area contributed by atoms with Gasteiger partial charge < -0.3 is 15.2 Å². The molecule has 0 spiro atoms. The third kappa shape index (κ3) is 5.29. The van der Waals surface area contributed by atoms with Crippen molar-refractivity contribution in [2.24, 2.45) is 0 Å². The molecule has 2 N–H and O–H groups in total. The van der Waals surface area contributed by atoms with Gasteiger partial charge in [-0.25, -0.2) is 0 Å². The van der Waals surface area contributed by atoms with Gasteiger partial charge in [-0.05, 0) is 25.0 Å². The lowest BCUT2D eigenvalue weighted by Crippen LogP contribution is -2.02. The van der Waals surface area contributed by atoms with Gasteiger partial charge in [0.25, 0.3) is 0 Å². The van der Waals surface area contributed by atoms with E-state index in [-0.39, 0.29) is 6.61 Å². The van der Waals surface area contributed by atoms with Crippen molar-refractivity contribution >= 4 is 17.3 Å². The zero-order valence-electron chi connectivity index (χ0n) is 10.2. The van der Waals surface area contributed by atoms with Crippen LogP contribution in [0.15, 0.2) is 18.2 Å². The Bertz CT molecular complexity index is 331. The van der Waals surface area contributed by atoms with E-state index in [1.165, 1.54) is 0 Å². The van der Waals surface area contributed by atoms with Gasteiger partial charge in [-0.1, -0.05) is 24.4 Å². The first-order valence-corrected chi connectivity index (χ1v) is 6.34. The van der Waals surface area contributed by atoms with Crippen molar-refractivity contribution < 1.29 is 9.84 Å². The van der Waals surface area contributed by atoms with Crippen LogP contribution in [0.4, 0.5) is 5.69 Å². The highest BCUT2D eigenvalue weighted by atomic mass is 35.5. The minimum Gasteiger partial charge on any atom is -0.497 e. The number of nitrogens with one attached hydrogen (secondary N) is 1. The number of unbranched alkanes of at least 4 members (excludes halogenated alkanes) is 3. The molecule has 0 saturated carbocycles. The van der Waals surface area contributed by atoms with Crippen LogP contribution in [0.5, 0.6) is 5.75 Å². The molecule has 0 saturated heterocycles. The Labute approximate surface area is 108 Å². The third-order valence-electron chi connectivity index (χ3n) is 2.57. The predicted octanol–water partition coefficient (Wildman–Crippen LogP) is 3.31. The first-order chi connectivity index (χ1) is 8.27. The van der Waals surface area contributed by atoms with Crippen molar-refractivity contribution in [3.05, 3.63) is 23.2 Å². The molecule has 1 aromatic carbocycles. The molecule has 0 bridgehead atoms. The molecule has 0 unspecified atom stereocenters. The summed E-state index contributed by atoms with van der Waals surface area (Å²) in [5.74, 6) is 0.803. The summed E-state index contributed by atoms with van der Waals surface area (Å²) in [7, 11) is 1.64. The fourth-order valence-corrected chi connectivity index (χ4v) is 1.76. The molecule has 3 nitrogen and oxygen atoms in total. The Morgan fingerprint density at radius 2 is 2.00 bits per heavy atom. The lowest BCUT2D eigenvalue weighted by molar-refractivity contribution is 0.283. The van der Waals surface area contributed by atoms with Crippen LogP contribution in [-0.2, 0) is 0 Å². The second kappa shape index (κ2) is 8.20. The van der Waals surface area contributed by atoms with Gasteiger partial charge >= 0.3 is 0 Å². The number of ether oxygens (including phenoxy) is 1. The summed E-state index contributed by atoms with van der Waals surface area (Å²) >= 11 is 6.06. The van der Waals surface area contributed by atoms with Crippen molar-refractivity contribution in [2.45, 2.75) is 25.7 Å². The average Bonchev–Trinajstić information content (AvgIpc) is 2.35. The SMILES string of the molecule is COc1ccc(Cl)c(NCCCCCCO)c1. The van der Waals surface area contributed by atoms with Crippen LogP contribution < -0.4 is 10.1 Å². The molecule has 96 valence electrons. The Morgan fingerprint density at radius 3 is 2.71 bits per heavy atom. The summed E-state index contributed by atoms with van der Waals surface area (Å²) in [6.07, 6.45) is 4.16. The zero-order chi connectivity index (χ0) is 12.5. The average molecular weight is 258 g/mol. The molecule has 17 heavy (non-hydrogen) atoms. The van der Waals surface area contributed by atoms with E-state index in [4.69, 9.17) is 21.4 Å². The molecule has 0 atom stereocenters. The van der Waals surface area contributed by atoms with E-state index in [1.807, 2.05) is 18.2 Å². The fraction of sp³-hybridized carbons (Fsp3) is 0.538. The van der Waals surface area contributed by atoms with E-state index in [1.54, 1.807) is 7.11 Å². The summed E-state index contributed by atoms with van der Waals surface area (Å²) in [5.41, 5.74) is 0.910. The molecule has 0 amide bonds. The van der Waals surface area contributed by atoms with Gasteiger partial charge in [0, 0.05) is 19.2 Å². The maximum atomic E-state index is 8.65. The van der Waals surface area contributed by atoms with Crippen LogP contribution >= 0.6 is 11.6 Å². The quantitative estimate of drug-likeness (QED) is 0.702. The number of rotatable bonds is 8. The van der Waals surface area contributed by atoms with Crippen LogP contribution in [0.2, 0.25) is 5.02 Å². The number of hydrogen-bond acceptors (Lipinski definition) is 3. The first kappa shape index (κ1) is 14.1. The van der Waals surface area contributed by atoms with Crippen molar-refractivity contribution in [3.8, 4) is 5.75 Å². The molecule has 0 aliphatic carbocycles. The summed E-state index contributed by atoms with van der Waals surface area (Å²) in [6.45, 7) is 1.17. The van der Waals surface area contributed by atoms with Crippen molar-refractivity contribution in [1.29, 1.82) is 0 Å².